The first kappa shape index (κ1) is 22.4. The fourth-order valence-electron chi connectivity index (χ4n) is 4.01. The first-order valence-electron chi connectivity index (χ1n) is 11.1. The van der Waals surface area contributed by atoms with Gasteiger partial charge in [-0.25, -0.2) is 0 Å². The molecule has 0 radical (unpaired) electrons. The average Bonchev–Trinajstić information content (AvgIpc) is 2.80. The van der Waals surface area contributed by atoms with Crippen molar-refractivity contribution in [1.29, 1.82) is 0 Å². The van der Waals surface area contributed by atoms with Crippen molar-refractivity contribution in [3.8, 4) is 11.5 Å². The SMILES string of the molecule is O=C(CCCN1CCCCC1)Nc1ccc(Cl)cc1C(=O)NCc1ccc2cc1OCO2. The third-order valence-electron chi connectivity index (χ3n) is 5.75. The summed E-state index contributed by atoms with van der Waals surface area (Å²) in [4.78, 5) is 27.8. The monoisotopic (exact) mass is 457 g/mol. The Bertz CT molecular complexity index is 976. The predicted molar refractivity (Wildman–Crippen MR) is 123 cm³/mol. The first-order valence-corrected chi connectivity index (χ1v) is 11.4. The highest BCUT2D eigenvalue weighted by molar-refractivity contribution is 6.31. The van der Waals surface area contributed by atoms with Crippen LogP contribution in [0, 0.1) is 0 Å². The van der Waals surface area contributed by atoms with Crippen molar-refractivity contribution >= 4 is 29.1 Å². The highest BCUT2D eigenvalue weighted by atomic mass is 35.5. The van der Waals surface area contributed by atoms with Gasteiger partial charge in [0.2, 0.25) is 12.7 Å². The molecule has 0 saturated carbocycles. The summed E-state index contributed by atoms with van der Waals surface area (Å²) in [5, 5.41) is 6.19. The number of piperidine rings is 1. The molecule has 1 saturated heterocycles. The van der Waals surface area contributed by atoms with E-state index in [1.807, 2.05) is 12.1 Å². The van der Waals surface area contributed by atoms with Gasteiger partial charge >= 0.3 is 0 Å². The quantitative estimate of drug-likeness (QED) is 0.621. The van der Waals surface area contributed by atoms with Crippen LogP contribution in [0.2, 0.25) is 5.02 Å². The largest absolute Gasteiger partial charge is 0.457 e. The van der Waals surface area contributed by atoms with E-state index in [4.69, 9.17) is 21.1 Å². The lowest BCUT2D eigenvalue weighted by molar-refractivity contribution is -0.116. The summed E-state index contributed by atoms with van der Waals surface area (Å²) in [6.45, 7) is 3.60. The molecule has 2 amide bonds. The minimum absolute atomic E-state index is 0.105. The molecule has 2 bridgehead atoms. The van der Waals surface area contributed by atoms with Crippen molar-refractivity contribution < 1.29 is 19.1 Å². The lowest BCUT2D eigenvalue weighted by atomic mass is 10.1. The van der Waals surface area contributed by atoms with Crippen molar-refractivity contribution in [3.63, 3.8) is 0 Å². The van der Waals surface area contributed by atoms with E-state index in [1.165, 1.54) is 19.3 Å². The van der Waals surface area contributed by atoms with Gasteiger partial charge in [-0.1, -0.05) is 18.0 Å². The van der Waals surface area contributed by atoms with Gasteiger partial charge in [0, 0.05) is 29.6 Å². The number of halogens is 1. The maximum atomic E-state index is 12.9. The van der Waals surface area contributed by atoms with Gasteiger partial charge in [0.15, 0.2) is 0 Å². The summed E-state index contributed by atoms with van der Waals surface area (Å²) in [5.74, 6) is 0.995. The number of nitrogens with one attached hydrogen (secondary N) is 2. The molecule has 0 unspecified atom stereocenters. The molecule has 0 aromatic heterocycles. The third kappa shape index (κ3) is 5.93. The Morgan fingerprint density at radius 3 is 2.72 bits per heavy atom. The first-order chi connectivity index (χ1) is 15.6. The number of carbonyl (C=O) groups excluding carboxylic acids is 2. The van der Waals surface area contributed by atoms with Crippen LogP contribution in [0.5, 0.6) is 11.5 Å². The fraction of sp³-hybridized carbons (Fsp3) is 0.417. The number of likely N-dealkylation sites (tertiary alicyclic amines) is 1. The number of ether oxygens (including phenoxy) is 2. The highest BCUT2D eigenvalue weighted by Gasteiger charge is 2.17. The van der Waals surface area contributed by atoms with Crippen molar-refractivity contribution in [1.82, 2.24) is 10.2 Å². The fourth-order valence-corrected chi connectivity index (χ4v) is 4.18. The van der Waals surface area contributed by atoms with Gasteiger partial charge in [0.25, 0.3) is 5.91 Å². The molecule has 8 heteroatoms. The van der Waals surface area contributed by atoms with E-state index < -0.39 is 0 Å². The number of hydrogen-bond acceptors (Lipinski definition) is 5. The second-order valence-corrected chi connectivity index (χ2v) is 8.54. The van der Waals surface area contributed by atoms with Crippen LogP contribution in [0.1, 0.15) is 48.0 Å². The van der Waals surface area contributed by atoms with Gasteiger partial charge in [-0.2, -0.15) is 0 Å². The zero-order valence-electron chi connectivity index (χ0n) is 18.0. The van der Waals surface area contributed by atoms with Crippen LogP contribution >= 0.6 is 11.6 Å². The Morgan fingerprint density at radius 1 is 1.03 bits per heavy atom. The van der Waals surface area contributed by atoms with Crippen molar-refractivity contribution in [2.24, 2.45) is 0 Å². The van der Waals surface area contributed by atoms with E-state index in [0.29, 0.717) is 28.4 Å². The summed E-state index contributed by atoms with van der Waals surface area (Å²) in [6.07, 6.45) is 4.98. The van der Waals surface area contributed by atoms with E-state index in [2.05, 4.69) is 15.5 Å². The van der Waals surface area contributed by atoms with E-state index in [9.17, 15) is 9.59 Å². The lowest BCUT2D eigenvalue weighted by Gasteiger charge is -2.26. The number of carbonyl (C=O) groups is 2. The summed E-state index contributed by atoms with van der Waals surface area (Å²) < 4.78 is 10.8. The van der Waals surface area contributed by atoms with Crippen LogP contribution in [0.4, 0.5) is 5.69 Å². The molecular formula is C24H28ClN3O4. The Kier molecular flexibility index (Phi) is 7.50. The Balaban J connectivity index is 1.33. The second kappa shape index (κ2) is 10.7. The minimum Gasteiger partial charge on any atom is -0.457 e. The molecule has 4 rings (SSSR count). The zero-order chi connectivity index (χ0) is 22.3. The van der Waals surface area contributed by atoms with Crippen molar-refractivity contribution in [2.75, 3.05) is 31.7 Å². The van der Waals surface area contributed by atoms with Gasteiger partial charge in [-0.3, -0.25) is 9.59 Å². The molecule has 0 aliphatic carbocycles. The average molecular weight is 458 g/mol. The molecule has 32 heavy (non-hydrogen) atoms. The summed E-state index contributed by atoms with van der Waals surface area (Å²) in [6, 6.07) is 10.4. The smallest absolute Gasteiger partial charge is 0.253 e. The molecule has 1 fully saturated rings. The topological polar surface area (TPSA) is 79.9 Å². The van der Waals surface area contributed by atoms with Crippen LogP contribution < -0.4 is 20.1 Å². The normalized spacial score (nSPS) is 15.4. The Hall–Kier alpha value is -2.77. The number of hydrogen-bond donors (Lipinski definition) is 2. The van der Waals surface area contributed by atoms with Gasteiger partial charge in [-0.15, -0.1) is 0 Å². The molecule has 2 aliphatic heterocycles. The zero-order valence-corrected chi connectivity index (χ0v) is 18.7. The van der Waals surface area contributed by atoms with Gasteiger partial charge in [0.05, 0.1) is 11.3 Å². The lowest BCUT2D eigenvalue weighted by Crippen LogP contribution is -2.31. The van der Waals surface area contributed by atoms with Crippen LogP contribution in [-0.4, -0.2) is 43.1 Å². The molecule has 2 heterocycles. The minimum atomic E-state index is -0.320. The third-order valence-corrected chi connectivity index (χ3v) is 5.98. The van der Waals surface area contributed by atoms with E-state index in [1.54, 1.807) is 24.3 Å². The van der Waals surface area contributed by atoms with Crippen LogP contribution in [-0.2, 0) is 11.3 Å². The number of benzene rings is 2. The number of rotatable bonds is 8. The van der Waals surface area contributed by atoms with Crippen molar-refractivity contribution in [2.45, 2.75) is 38.6 Å². The molecule has 2 aromatic rings. The van der Waals surface area contributed by atoms with Gasteiger partial charge < -0.3 is 25.0 Å². The van der Waals surface area contributed by atoms with Gasteiger partial charge in [-0.05, 0) is 69.2 Å². The number of amides is 2. The highest BCUT2D eigenvalue weighted by Crippen LogP contribution is 2.28. The Morgan fingerprint density at radius 2 is 1.88 bits per heavy atom. The second-order valence-electron chi connectivity index (χ2n) is 8.10. The van der Waals surface area contributed by atoms with E-state index in [0.717, 1.165) is 37.4 Å². The molecule has 2 N–H and O–H groups in total. The maximum Gasteiger partial charge on any atom is 0.253 e. The molecule has 0 atom stereocenters. The molecular weight excluding hydrogens is 430 g/mol. The van der Waals surface area contributed by atoms with Crippen LogP contribution in [0.3, 0.4) is 0 Å². The standard InChI is InChI=1S/C24H28ClN3O4/c25-18-7-9-21(27-23(29)5-4-12-28-10-2-1-3-11-28)20(13-18)24(30)26-15-17-6-8-19-14-22(17)32-16-31-19/h6-9,13-14H,1-5,10-12,15-16H2,(H,26,30)(H,27,29). The Labute approximate surface area is 193 Å². The summed E-state index contributed by atoms with van der Waals surface area (Å²) in [7, 11) is 0. The van der Waals surface area contributed by atoms with E-state index in [-0.39, 0.29) is 25.2 Å². The number of anilines is 1. The van der Waals surface area contributed by atoms with Gasteiger partial charge in [0.1, 0.15) is 11.5 Å². The molecule has 0 spiro atoms. The molecule has 170 valence electrons. The molecule has 2 aromatic carbocycles. The van der Waals surface area contributed by atoms with E-state index >= 15 is 0 Å². The van der Waals surface area contributed by atoms with Crippen molar-refractivity contribution in [3.05, 3.63) is 52.5 Å². The maximum absolute atomic E-state index is 12.9. The number of nitrogens with zero attached hydrogens (tertiary/aromatic N) is 1. The molecule has 7 nitrogen and oxygen atoms in total. The van der Waals surface area contributed by atoms with Crippen LogP contribution in [0.15, 0.2) is 36.4 Å². The predicted octanol–water partition coefficient (Wildman–Crippen LogP) is 4.20. The number of fused-ring (bicyclic) bond motifs is 2. The molecule has 2 aliphatic rings. The van der Waals surface area contributed by atoms with Crippen LogP contribution in [0.25, 0.3) is 0 Å². The summed E-state index contributed by atoms with van der Waals surface area (Å²) >= 11 is 6.12. The summed E-state index contributed by atoms with van der Waals surface area (Å²) in [5.41, 5.74) is 1.63.